The van der Waals surface area contributed by atoms with E-state index in [0.29, 0.717) is 6.04 Å². The molecule has 0 fully saturated rings. The third-order valence-electron chi connectivity index (χ3n) is 2.80. The van der Waals surface area contributed by atoms with E-state index in [9.17, 15) is 0 Å². The fraction of sp³-hybridized carbons (Fsp3) is 0.357. The zero-order valence-corrected chi connectivity index (χ0v) is 12.6. The number of hydrogen-bond acceptors (Lipinski definition) is 4. The molecule has 2 aromatic rings. The molecule has 2 rings (SSSR count). The summed E-state index contributed by atoms with van der Waals surface area (Å²) in [7, 11) is 1.97. The average Bonchev–Trinajstić information content (AvgIpc) is 2.89. The Morgan fingerprint density at radius 1 is 1.33 bits per heavy atom. The maximum atomic E-state index is 4.50. The minimum absolute atomic E-state index is 0.367. The number of thiazole rings is 1. The van der Waals surface area contributed by atoms with Crippen LogP contribution < -0.4 is 5.32 Å². The first kappa shape index (κ1) is 13.6. The Morgan fingerprint density at radius 2 is 2.06 bits per heavy atom. The molecule has 1 N–H and O–H groups in total. The van der Waals surface area contributed by atoms with Gasteiger partial charge in [-0.25, -0.2) is 4.98 Å². The Labute approximate surface area is 117 Å². The van der Waals surface area contributed by atoms with Crippen LogP contribution >= 0.6 is 23.1 Å². The fourth-order valence-corrected chi connectivity index (χ4v) is 3.27. The van der Waals surface area contributed by atoms with E-state index in [1.807, 2.05) is 25.0 Å². The van der Waals surface area contributed by atoms with Crippen LogP contribution in [0.2, 0.25) is 0 Å². The van der Waals surface area contributed by atoms with Gasteiger partial charge >= 0.3 is 0 Å². The SMILES string of the molecule is CCSc1ccc(-c2ncc(C(C)NC)s2)cc1. The van der Waals surface area contributed by atoms with Crippen LogP contribution in [0.25, 0.3) is 10.6 Å². The molecule has 1 heterocycles. The molecule has 1 unspecified atom stereocenters. The second-order valence-electron chi connectivity index (χ2n) is 4.04. The van der Waals surface area contributed by atoms with Gasteiger partial charge in [-0.15, -0.1) is 23.1 Å². The summed E-state index contributed by atoms with van der Waals surface area (Å²) in [5.41, 5.74) is 1.20. The summed E-state index contributed by atoms with van der Waals surface area (Å²) in [6, 6.07) is 9.03. The summed E-state index contributed by atoms with van der Waals surface area (Å²) in [6.45, 7) is 4.32. The van der Waals surface area contributed by atoms with E-state index in [2.05, 4.69) is 48.4 Å². The lowest BCUT2D eigenvalue weighted by atomic mass is 10.2. The summed E-state index contributed by atoms with van der Waals surface area (Å²) in [5, 5.41) is 4.34. The molecule has 0 radical (unpaired) electrons. The van der Waals surface area contributed by atoms with Crippen LogP contribution in [0, 0.1) is 0 Å². The minimum Gasteiger partial charge on any atom is -0.312 e. The van der Waals surface area contributed by atoms with Crippen molar-refractivity contribution in [1.29, 1.82) is 0 Å². The third-order valence-corrected chi connectivity index (χ3v) is 4.92. The Balaban J connectivity index is 2.18. The van der Waals surface area contributed by atoms with Crippen molar-refractivity contribution in [3.63, 3.8) is 0 Å². The molecule has 0 amide bonds. The molecule has 1 aromatic heterocycles. The molecule has 0 aliphatic rings. The van der Waals surface area contributed by atoms with Gasteiger partial charge in [-0.1, -0.05) is 19.1 Å². The van der Waals surface area contributed by atoms with E-state index in [4.69, 9.17) is 0 Å². The van der Waals surface area contributed by atoms with Crippen LogP contribution in [-0.4, -0.2) is 17.8 Å². The van der Waals surface area contributed by atoms with E-state index in [-0.39, 0.29) is 0 Å². The zero-order valence-electron chi connectivity index (χ0n) is 10.9. The highest BCUT2D eigenvalue weighted by molar-refractivity contribution is 7.99. The molecule has 1 aromatic carbocycles. The lowest BCUT2D eigenvalue weighted by Crippen LogP contribution is -2.10. The largest absolute Gasteiger partial charge is 0.312 e. The minimum atomic E-state index is 0.367. The van der Waals surface area contributed by atoms with Crippen molar-refractivity contribution >= 4 is 23.1 Å². The Bertz CT molecular complexity index is 491. The van der Waals surface area contributed by atoms with Crippen molar-refractivity contribution in [2.24, 2.45) is 0 Å². The summed E-state index contributed by atoms with van der Waals surface area (Å²) in [4.78, 5) is 7.10. The van der Waals surface area contributed by atoms with Gasteiger partial charge in [0.05, 0.1) is 0 Å². The quantitative estimate of drug-likeness (QED) is 0.830. The number of nitrogens with one attached hydrogen (secondary N) is 1. The second kappa shape index (κ2) is 6.36. The number of nitrogens with zero attached hydrogens (tertiary/aromatic N) is 1. The van der Waals surface area contributed by atoms with Crippen LogP contribution in [0.3, 0.4) is 0 Å². The van der Waals surface area contributed by atoms with Gasteiger partial charge in [0.25, 0.3) is 0 Å². The van der Waals surface area contributed by atoms with Crippen molar-refractivity contribution in [3.05, 3.63) is 35.3 Å². The summed E-state index contributed by atoms with van der Waals surface area (Å²) in [6.07, 6.45) is 1.97. The molecule has 0 saturated heterocycles. The van der Waals surface area contributed by atoms with Crippen LogP contribution in [0.15, 0.2) is 35.4 Å². The fourth-order valence-electron chi connectivity index (χ4n) is 1.62. The second-order valence-corrected chi connectivity index (χ2v) is 6.44. The van der Waals surface area contributed by atoms with Gasteiger partial charge in [-0.2, -0.15) is 0 Å². The maximum absolute atomic E-state index is 4.50. The van der Waals surface area contributed by atoms with Crippen molar-refractivity contribution in [3.8, 4) is 10.6 Å². The van der Waals surface area contributed by atoms with Crippen molar-refractivity contribution in [2.45, 2.75) is 24.8 Å². The predicted molar refractivity (Wildman–Crippen MR) is 81.4 cm³/mol. The van der Waals surface area contributed by atoms with Crippen molar-refractivity contribution < 1.29 is 0 Å². The molecule has 0 spiro atoms. The van der Waals surface area contributed by atoms with E-state index in [1.165, 1.54) is 15.3 Å². The van der Waals surface area contributed by atoms with Crippen LogP contribution in [0.1, 0.15) is 24.8 Å². The Morgan fingerprint density at radius 3 is 2.67 bits per heavy atom. The maximum Gasteiger partial charge on any atom is 0.123 e. The zero-order chi connectivity index (χ0) is 13.0. The normalized spacial score (nSPS) is 12.6. The first-order valence-electron chi connectivity index (χ1n) is 6.10. The van der Waals surface area contributed by atoms with Gasteiger partial charge in [-0.05, 0) is 31.9 Å². The van der Waals surface area contributed by atoms with Gasteiger partial charge < -0.3 is 5.32 Å². The van der Waals surface area contributed by atoms with Gasteiger partial charge in [-0.3, -0.25) is 0 Å². The summed E-state index contributed by atoms with van der Waals surface area (Å²) >= 11 is 3.62. The Hall–Kier alpha value is -0.840. The van der Waals surface area contributed by atoms with E-state index in [0.717, 1.165) is 10.8 Å². The molecule has 0 saturated carbocycles. The molecule has 96 valence electrons. The van der Waals surface area contributed by atoms with Crippen LogP contribution in [0.5, 0.6) is 0 Å². The molecular formula is C14H18N2S2. The number of benzene rings is 1. The predicted octanol–water partition coefficient (Wildman–Crippen LogP) is 4.20. The van der Waals surface area contributed by atoms with E-state index < -0.39 is 0 Å². The lowest BCUT2D eigenvalue weighted by molar-refractivity contribution is 0.662. The first-order valence-corrected chi connectivity index (χ1v) is 7.91. The Kier molecular flexibility index (Phi) is 4.80. The number of thioether (sulfide) groups is 1. The first-order chi connectivity index (χ1) is 8.74. The topological polar surface area (TPSA) is 24.9 Å². The molecule has 2 nitrogen and oxygen atoms in total. The molecule has 0 bridgehead atoms. The van der Waals surface area contributed by atoms with E-state index >= 15 is 0 Å². The van der Waals surface area contributed by atoms with Crippen LogP contribution in [-0.2, 0) is 0 Å². The van der Waals surface area contributed by atoms with Gasteiger partial charge in [0, 0.05) is 27.6 Å². The monoisotopic (exact) mass is 278 g/mol. The summed E-state index contributed by atoms with van der Waals surface area (Å²) in [5.74, 6) is 1.11. The molecule has 18 heavy (non-hydrogen) atoms. The number of hydrogen-bond donors (Lipinski definition) is 1. The lowest BCUT2D eigenvalue weighted by Gasteiger charge is -2.04. The standard InChI is InChI=1S/C14H18N2S2/c1-4-17-12-7-5-11(6-8-12)14-16-9-13(18-14)10(2)15-3/h5-10,15H,4H2,1-3H3. The highest BCUT2D eigenvalue weighted by Gasteiger charge is 2.09. The van der Waals surface area contributed by atoms with Gasteiger partial charge in [0.2, 0.25) is 0 Å². The highest BCUT2D eigenvalue weighted by atomic mass is 32.2. The van der Waals surface area contributed by atoms with Crippen molar-refractivity contribution in [1.82, 2.24) is 10.3 Å². The molecule has 0 aliphatic carbocycles. The van der Waals surface area contributed by atoms with Crippen molar-refractivity contribution in [2.75, 3.05) is 12.8 Å². The summed E-state index contributed by atoms with van der Waals surface area (Å²) < 4.78 is 0. The highest BCUT2D eigenvalue weighted by Crippen LogP contribution is 2.29. The number of aromatic nitrogens is 1. The number of rotatable bonds is 5. The van der Waals surface area contributed by atoms with Gasteiger partial charge in [0.15, 0.2) is 0 Å². The average molecular weight is 278 g/mol. The molecule has 1 atom stereocenters. The van der Waals surface area contributed by atoms with E-state index in [1.54, 1.807) is 11.3 Å². The van der Waals surface area contributed by atoms with Gasteiger partial charge in [0.1, 0.15) is 5.01 Å². The molecular weight excluding hydrogens is 260 g/mol. The molecule has 0 aliphatic heterocycles. The van der Waals surface area contributed by atoms with Crippen LogP contribution in [0.4, 0.5) is 0 Å². The third kappa shape index (κ3) is 3.13. The molecule has 4 heteroatoms. The smallest absolute Gasteiger partial charge is 0.123 e.